The van der Waals surface area contributed by atoms with Gasteiger partial charge in [0, 0.05) is 36.0 Å². The fraction of sp³-hybridized carbons (Fsp3) is 0.478. The summed E-state index contributed by atoms with van der Waals surface area (Å²) in [6, 6.07) is 10.1. The molecule has 0 saturated carbocycles. The lowest BCUT2D eigenvalue weighted by atomic mass is 9.93. The zero-order valence-electron chi connectivity index (χ0n) is 18.1. The van der Waals surface area contributed by atoms with E-state index >= 15 is 0 Å². The van der Waals surface area contributed by atoms with Crippen molar-refractivity contribution in [3.8, 4) is 17.0 Å². The Morgan fingerprint density at radius 3 is 2.62 bits per heavy atom. The molecule has 6 heteroatoms. The van der Waals surface area contributed by atoms with Gasteiger partial charge in [-0.25, -0.2) is 4.98 Å². The average Bonchev–Trinajstić information content (AvgIpc) is 3.30. The average molecular weight is 394 g/mol. The van der Waals surface area contributed by atoms with Crippen LogP contribution < -0.4 is 10.1 Å². The summed E-state index contributed by atoms with van der Waals surface area (Å²) in [6.45, 7) is 6.50. The first kappa shape index (κ1) is 19.7. The zero-order valence-corrected chi connectivity index (χ0v) is 18.1. The molecule has 0 amide bonds. The van der Waals surface area contributed by atoms with Gasteiger partial charge < -0.3 is 15.0 Å². The molecule has 0 aliphatic heterocycles. The molecule has 2 heterocycles. The molecule has 0 radical (unpaired) electrons. The van der Waals surface area contributed by atoms with Crippen LogP contribution in [0, 0.1) is 5.41 Å². The number of anilines is 1. The van der Waals surface area contributed by atoms with Crippen LogP contribution in [-0.2, 0) is 12.8 Å². The highest BCUT2D eigenvalue weighted by molar-refractivity contribution is 5.67. The number of ether oxygens (including phenoxy) is 1. The first-order valence-electron chi connectivity index (χ1n) is 10.3. The first-order chi connectivity index (χ1) is 13.9. The Bertz CT molecular complexity index is 1000. The van der Waals surface area contributed by atoms with E-state index in [2.05, 4.69) is 44.2 Å². The fourth-order valence-electron chi connectivity index (χ4n) is 4.31. The van der Waals surface area contributed by atoms with Gasteiger partial charge in [-0.3, -0.25) is 0 Å². The number of nitrogens with zero attached hydrogens (tertiary/aromatic N) is 4. The van der Waals surface area contributed by atoms with E-state index in [0.717, 1.165) is 60.8 Å². The Morgan fingerprint density at radius 1 is 1.17 bits per heavy atom. The third-order valence-corrected chi connectivity index (χ3v) is 5.49. The van der Waals surface area contributed by atoms with Gasteiger partial charge in [-0.05, 0) is 63.0 Å². The summed E-state index contributed by atoms with van der Waals surface area (Å²) >= 11 is 0. The van der Waals surface area contributed by atoms with Crippen molar-refractivity contribution in [2.75, 3.05) is 39.6 Å². The molecule has 29 heavy (non-hydrogen) atoms. The van der Waals surface area contributed by atoms with E-state index in [1.807, 2.05) is 28.8 Å². The van der Waals surface area contributed by atoms with Crippen molar-refractivity contribution in [1.82, 2.24) is 19.5 Å². The van der Waals surface area contributed by atoms with Gasteiger partial charge in [-0.15, -0.1) is 0 Å². The van der Waals surface area contributed by atoms with E-state index in [4.69, 9.17) is 14.8 Å². The summed E-state index contributed by atoms with van der Waals surface area (Å²) < 4.78 is 7.27. The lowest BCUT2D eigenvalue weighted by molar-refractivity contribution is 0.254. The molecule has 0 unspecified atom stereocenters. The fourth-order valence-corrected chi connectivity index (χ4v) is 4.31. The van der Waals surface area contributed by atoms with Crippen LogP contribution in [0.3, 0.4) is 0 Å². The quantitative estimate of drug-likeness (QED) is 0.660. The Kier molecular flexibility index (Phi) is 5.21. The second-order valence-electron chi connectivity index (χ2n) is 9.02. The summed E-state index contributed by atoms with van der Waals surface area (Å²) in [5.74, 6) is 1.95. The van der Waals surface area contributed by atoms with Gasteiger partial charge >= 0.3 is 0 Å². The molecule has 0 saturated heterocycles. The lowest BCUT2D eigenvalue weighted by Crippen LogP contribution is -2.35. The molecule has 6 nitrogen and oxygen atoms in total. The van der Waals surface area contributed by atoms with Gasteiger partial charge in [0.1, 0.15) is 11.6 Å². The minimum atomic E-state index is 0.149. The number of methoxy groups -OCH3 is 1. The molecule has 1 aromatic carbocycles. The standard InChI is InChI=1S/C23H31N5O/c1-23(2,15-27(3)4)14-24-22-18-7-6-8-19(18)25-21-13-20(26-28(21)22)16-9-11-17(29-5)12-10-16/h9-13,24H,6-8,14-15H2,1-5H3. The highest BCUT2D eigenvalue weighted by Gasteiger charge is 2.24. The van der Waals surface area contributed by atoms with Gasteiger partial charge in [0.05, 0.1) is 12.8 Å². The minimum absolute atomic E-state index is 0.149. The van der Waals surface area contributed by atoms with Crippen molar-refractivity contribution in [1.29, 1.82) is 0 Å². The van der Waals surface area contributed by atoms with Crippen LogP contribution in [0.1, 0.15) is 31.5 Å². The number of aromatic nitrogens is 3. The molecular formula is C23H31N5O. The van der Waals surface area contributed by atoms with Crippen molar-refractivity contribution in [2.45, 2.75) is 33.1 Å². The van der Waals surface area contributed by atoms with Crippen LogP contribution in [0.5, 0.6) is 5.75 Å². The van der Waals surface area contributed by atoms with Gasteiger partial charge in [0.25, 0.3) is 0 Å². The SMILES string of the molecule is COc1ccc(-c2cc3nc4c(c(NCC(C)(C)CN(C)C)n3n2)CCC4)cc1. The third-order valence-electron chi connectivity index (χ3n) is 5.49. The lowest BCUT2D eigenvalue weighted by Gasteiger charge is -2.29. The maximum absolute atomic E-state index is 5.28. The normalized spacial score (nSPS) is 13.9. The van der Waals surface area contributed by atoms with Crippen LogP contribution in [0.4, 0.5) is 5.82 Å². The third kappa shape index (κ3) is 4.08. The molecule has 0 atom stereocenters. The van der Waals surface area contributed by atoms with Crippen LogP contribution in [-0.4, -0.2) is 53.8 Å². The first-order valence-corrected chi connectivity index (χ1v) is 10.3. The summed E-state index contributed by atoms with van der Waals surface area (Å²) in [4.78, 5) is 7.16. The highest BCUT2D eigenvalue weighted by atomic mass is 16.5. The predicted octanol–water partition coefficient (Wildman–Crippen LogP) is 3.89. The molecule has 1 aliphatic carbocycles. The molecule has 154 valence electrons. The Balaban J connectivity index is 1.71. The van der Waals surface area contributed by atoms with E-state index in [0.29, 0.717) is 0 Å². The second kappa shape index (κ2) is 7.67. The number of nitrogens with one attached hydrogen (secondary N) is 1. The minimum Gasteiger partial charge on any atom is -0.497 e. The van der Waals surface area contributed by atoms with Crippen LogP contribution in [0.15, 0.2) is 30.3 Å². The molecule has 0 fully saturated rings. The second-order valence-corrected chi connectivity index (χ2v) is 9.02. The van der Waals surface area contributed by atoms with Gasteiger partial charge in [0.2, 0.25) is 0 Å². The van der Waals surface area contributed by atoms with E-state index in [9.17, 15) is 0 Å². The van der Waals surface area contributed by atoms with Gasteiger partial charge in [0.15, 0.2) is 5.65 Å². The van der Waals surface area contributed by atoms with Crippen LogP contribution >= 0.6 is 0 Å². The van der Waals surface area contributed by atoms with Gasteiger partial charge in [-0.1, -0.05) is 13.8 Å². The van der Waals surface area contributed by atoms with E-state index in [-0.39, 0.29) is 5.41 Å². The molecule has 2 aromatic heterocycles. The maximum atomic E-state index is 5.28. The number of hydrogen-bond acceptors (Lipinski definition) is 5. The van der Waals surface area contributed by atoms with Crippen molar-refractivity contribution < 1.29 is 4.74 Å². The number of fused-ring (bicyclic) bond motifs is 2. The smallest absolute Gasteiger partial charge is 0.158 e. The van der Waals surface area contributed by atoms with Crippen molar-refractivity contribution in [2.24, 2.45) is 5.41 Å². The molecule has 0 bridgehead atoms. The highest BCUT2D eigenvalue weighted by Crippen LogP contribution is 2.31. The maximum Gasteiger partial charge on any atom is 0.158 e. The monoisotopic (exact) mass is 393 g/mol. The summed E-state index contributed by atoms with van der Waals surface area (Å²) in [6.07, 6.45) is 3.27. The Labute approximate surface area is 172 Å². The number of aryl methyl sites for hydroxylation is 1. The van der Waals surface area contributed by atoms with E-state index in [1.165, 1.54) is 11.3 Å². The van der Waals surface area contributed by atoms with Gasteiger partial charge in [-0.2, -0.15) is 9.61 Å². The largest absolute Gasteiger partial charge is 0.497 e. The Hall–Kier alpha value is -2.60. The van der Waals surface area contributed by atoms with Crippen molar-refractivity contribution >= 4 is 11.5 Å². The predicted molar refractivity (Wildman–Crippen MR) is 118 cm³/mol. The number of benzene rings is 1. The molecule has 1 aliphatic rings. The van der Waals surface area contributed by atoms with E-state index < -0.39 is 0 Å². The molecule has 0 spiro atoms. The molecule has 3 aromatic rings. The zero-order chi connectivity index (χ0) is 20.6. The summed E-state index contributed by atoms with van der Waals surface area (Å²) in [5.41, 5.74) is 5.59. The van der Waals surface area contributed by atoms with E-state index in [1.54, 1.807) is 7.11 Å². The molecule has 1 N–H and O–H groups in total. The van der Waals surface area contributed by atoms with Crippen LogP contribution in [0.2, 0.25) is 0 Å². The van der Waals surface area contributed by atoms with Crippen molar-refractivity contribution in [3.63, 3.8) is 0 Å². The van der Waals surface area contributed by atoms with Crippen molar-refractivity contribution in [3.05, 3.63) is 41.6 Å². The molecule has 4 rings (SSSR count). The Morgan fingerprint density at radius 2 is 1.93 bits per heavy atom. The number of rotatable bonds is 7. The topological polar surface area (TPSA) is 54.7 Å². The summed E-state index contributed by atoms with van der Waals surface area (Å²) in [5, 5.41) is 8.65. The molecular weight excluding hydrogens is 362 g/mol. The van der Waals surface area contributed by atoms with Crippen LogP contribution in [0.25, 0.3) is 16.9 Å². The summed E-state index contributed by atoms with van der Waals surface area (Å²) in [7, 11) is 5.93. The number of hydrogen-bond donors (Lipinski definition) is 1.